The fourth-order valence-corrected chi connectivity index (χ4v) is 5.81. The van der Waals surface area contributed by atoms with Crippen molar-refractivity contribution in [1.29, 1.82) is 0 Å². The summed E-state index contributed by atoms with van der Waals surface area (Å²) < 4.78 is 25.1. The summed E-state index contributed by atoms with van der Waals surface area (Å²) in [5, 5.41) is 52.1. The predicted octanol–water partition coefficient (Wildman–Crippen LogP) is -2.12. The van der Waals surface area contributed by atoms with Gasteiger partial charge in [-0.25, -0.2) is 0 Å². The topological polar surface area (TPSA) is 289 Å². The molecule has 1 aliphatic heterocycles. The lowest BCUT2D eigenvalue weighted by Gasteiger charge is -2.46. The first kappa shape index (κ1) is 51.0. The van der Waals surface area contributed by atoms with Crippen LogP contribution in [0, 0.1) is 0 Å². The summed E-state index contributed by atoms with van der Waals surface area (Å²) in [6.07, 6.45) is 0.156. The summed E-state index contributed by atoms with van der Waals surface area (Å²) in [5.74, 6) is -0.996. The van der Waals surface area contributed by atoms with Gasteiger partial charge in [0, 0.05) is 111 Å². The van der Waals surface area contributed by atoms with Gasteiger partial charge in [-0.15, -0.1) is 0 Å². The molecule has 11 N–H and O–H groups in total. The predicted molar refractivity (Wildman–Crippen MR) is 205 cm³/mol. The molecule has 6 atom stereocenters. The number of aliphatic hydroxyl groups is 4. The number of rotatable bonds is 34. The van der Waals surface area contributed by atoms with Crippen molar-refractivity contribution >= 4 is 29.5 Å². The second kappa shape index (κ2) is 33.0. The van der Waals surface area contributed by atoms with E-state index >= 15 is 0 Å². The Morgan fingerprint density at radius 3 is 1.36 bits per heavy atom. The number of ether oxygens (including phenoxy) is 4. The van der Waals surface area contributed by atoms with Crippen LogP contribution in [0.25, 0.3) is 0 Å². The van der Waals surface area contributed by atoms with Crippen molar-refractivity contribution in [2.75, 3.05) is 78.9 Å². The van der Waals surface area contributed by atoms with Crippen LogP contribution >= 0.6 is 0 Å². The first-order valence-corrected chi connectivity index (χ1v) is 20.1. The number of hydrogen-bond acceptors (Lipinski definition) is 14. The van der Waals surface area contributed by atoms with Crippen LogP contribution < -0.4 is 32.3 Å². The zero-order valence-electron chi connectivity index (χ0n) is 33.2. The first-order valence-electron chi connectivity index (χ1n) is 20.1. The van der Waals surface area contributed by atoms with E-state index in [9.17, 15) is 34.2 Å². The van der Waals surface area contributed by atoms with E-state index in [0.717, 1.165) is 0 Å². The first-order chi connectivity index (χ1) is 27.1. The zero-order chi connectivity index (χ0) is 41.4. The van der Waals surface area contributed by atoms with Crippen molar-refractivity contribution < 1.29 is 63.3 Å². The molecule has 0 bridgehead atoms. The van der Waals surface area contributed by atoms with Crippen molar-refractivity contribution in [3.63, 3.8) is 0 Å². The van der Waals surface area contributed by atoms with Crippen LogP contribution in [0.15, 0.2) is 0 Å². The standard InChI is InChI=1S/C37H70N6O13/c1-27(47)25-28-35(53-22-7-16-40-33(51)12-18-42-30(48)9-2-4-20-44)37(36(29(26-46)56-28)54-23-6-15-39-32(50)11-14-38)55-24-8-17-41-34(52)13-19-43-31(49)10-3-5-21-45/h27-29,35-37,44-47H,2-26,38H2,1H3,(H,39,50)(H,40,51)(H,41,52)(H,42,48)(H,43,49). The maximum atomic E-state index is 12.3. The van der Waals surface area contributed by atoms with Crippen LogP contribution in [-0.2, 0) is 42.9 Å². The lowest BCUT2D eigenvalue weighted by Crippen LogP contribution is -2.61. The third-order valence-corrected chi connectivity index (χ3v) is 8.69. The van der Waals surface area contributed by atoms with E-state index in [4.69, 9.17) is 34.9 Å². The summed E-state index contributed by atoms with van der Waals surface area (Å²) >= 11 is 0. The molecule has 19 heteroatoms. The van der Waals surface area contributed by atoms with E-state index in [2.05, 4.69) is 26.6 Å². The molecule has 56 heavy (non-hydrogen) atoms. The third-order valence-electron chi connectivity index (χ3n) is 8.69. The molecule has 326 valence electrons. The quantitative estimate of drug-likeness (QED) is 0.0311. The van der Waals surface area contributed by atoms with E-state index in [0.29, 0.717) is 64.6 Å². The van der Waals surface area contributed by atoms with Crippen molar-refractivity contribution in [3.05, 3.63) is 0 Å². The molecule has 0 radical (unpaired) electrons. The second-order valence-electron chi connectivity index (χ2n) is 13.7. The van der Waals surface area contributed by atoms with Crippen molar-refractivity contribution in [1.82, 2.24) is 26.6 Å². The van der Waals surface area contributed by atoms with Crippen LogP contribution in [0.3, 0.4) is 0 Å². The van der Waals surface area contributed by atoms with Gasteiger partial charge in [0.1, 0.15) is 24.4 Å². The number of aliphatic hydroxyl groups excluding tert-OH is 4. The molecular formula is C37H70N6O13. The highest BCUT2D eigenvalue weighted by Crippen LogP contribution is 2.31. The highest BCUT2D eigenvalue weighted by atomic mass is 16.6. The molecular weight excluding hydrogens is 736 g/mol. The second-order valence-corrected chi connectivity index (χ2v) is 13.7. The Bertz CT molecular complexity index is 1090. The molecule has 0 aromatic carbocycles. The summed E-state index contributed by atoms with van der Waals surface area (Å²) in [5.41, 5.74) is 5.44. The van der Waals surface area contributed by atoms with Gasteiger partial charge in [0.05, 0.1) is 18.8 Å². The molecule has 6 unspecified atom stereocenters. The summed E-state index contributed by atoms with van der Waals surface area (Å²) in [7, 11) is 0. The molecule has 19 nitrogen and oxygen atoms in total. The van der Waals surface area contributed by atoms with E-state index in [1.807, 2.05) is 0 Å². The molecule has 0 aromatic heterocycles. The Labute approximate surface area is 330 Å². The van der Waals surface area contributed by atoms with Gasteiger partial charge in [0.25, 0.3) is 0 Å². The molecule has 0 spiro atoms. The monoisotopic (exact) mass is 807 g/mol. The molecule has 1 saturated heterocycles. The summed E-state index contributed by atoms with van der Waals surface area (Å²) in [6.45, 7) is 3.39. The van der Waals surface area contributed by atoms with E-state index < -0.39 is 43.2 Å². The molecule has 1 fully saturated rings. The van der Waals surface area contributed by atoms with E-state index in [1.54, 1.807) is 6.92 Å². The Hall–Kier alpha value is -3.01. The van der Waals surface area contributed by atoms with Crippen molar-refractivity contribution in [3.8, 4) is 0 Å². The Morgan fingerprint density at radius 2 is 0.946 bits per heavy atom. The van der Waals surface area contributed by atoms with Crippen molar-refractivity contribution in [2.24, 2.45) is 5.73 Å². The molecule has 1 aliphatic rings. The fraction of sp³-hybridized carbons (Fsp3) is 0.865. The number of nitrogens with one attached hydrogen (secondary N) is 5. The van der Waals surface area contributed by atoms with Gasteiger partial charge in [-0.1, -0.05) is 0 Å². The number of nitrogens with two attached hydrogens (primary N) is 1. The minimum absolute atomic E-state index is 0.0251. The average molecular weight is 807 g/mol. The highest BCUT2D eigenvalue weighted by molar-refractivity contribution is 5.79. The molecule has 0 aliphatic carbocycles. The number of hydrogen-bond donors (Lipinski definition) is 10. The van der Waals surface area contributed by atoms with Gasteiger partial charge < -0.3 is 71.7 Å². The van der Waals surface area contributed by atoms with Gasteiger partial charge in [-0.05, 0) is 51.9 Å². The van der Waals surface area contributed by atoms with Gasteiger partial charge in [-0.2, -0.15) is 0 Å². The SMILES string of the molecule is CC(O)CC1OC(CO)C(OCCCNC(=O)CCN)C(OCCCNC(=O)CCNC(=O)CCCCO)C1OCCCNC(=O)CCNC(=O)CCCCO. The van der Waals surface area contributed by atoms with Crippen molar-refractivity contribution in [2.45, 2.75) is 127 Å². The van der Waals surface area contributed by atoms with Crippen LogP contribution in [0.4, 0.5) is 0 Å². The normalized spacial score (nSPS) is 19.9. The lowest BCUT2D eigenvalue weighted by atomic mass is 9.91. The number of carbonyl (C=O) groups excluding carboxylic acids is 5. The zero-order valence-corrected chi connectivity index (χ0v) is 33.2. The molecule has 0 aromatic rings. The average Bonchev–Trinajstić information content (AvgIpc) is 3.15. The lowest BCUT2D eigenvalue weighted by molar-refractivity contribution is -0.267. The molecule has 1 rings (SSSR count). The van der Waals surface area contributed by atoms with Gasteiger partial charge in [-0.3, -0.25) is 24.0 Å². The maximum absolute atomic E-state index is 12.3. The minimum atomic E-state index is -0.816. The van der Waals surface area contributed by atoms with Gasteiger partial charge >= 0.3 is 0 Å². The molecule has 0 saturated carbocycles. The fourth-order valence-electron chi connectivity index (χ4n) is 5.81. The summed E-state index contributed by atoms with van der Waals surface area (Å²) in [6, 6.07) is 0. The maximum Gasteiger partial charge on any atom is 0.221 e. The molecule has 5 amide bonds. The van der Waals surface area contributed by atoms with Crippen LogP contribution in [0.2, 0.25) is 0 Å². The van der Waals surface area contributed by atoms with E-state index in [-0.39, 0.29) is 121 Å². The smallest absolute Gasteiger partial charge is 0.221 e. The number of amides is 5. The Morgan fingerprint density at radius 1 is 0.554 bits per heavy atom. The summed E-state index contributed by atoms with van der Waals surface area (Å²) in [4.78, 5) is 60.1. The van der Waals surface area contributed by atoms with Gasteiger partial charge in [0.2, 0.25) is 29.5 Å². The number of unbranched alkanes of at least 4 members (excludes halogenated alkanes) is 2. The highest BCUT2D eigenvalue weighted by Gasteiger charge is 2.48. The Balaban J connectivity index is 2.82. The largest absolute Gasteiger partial charge is 0.396 e. The van der Waals surface area contributed by atoms with Crippen LogP contribution in [-0.4, -0.2) is 165 Å². The van der Waals surface area contributed by atoms with E-state index in [1.165, 1.54) is 0 Å². The number of carbonyl (C=O) groups is 5. The third kappa shape index (κ3) is 24.6. The molecule has 1 heterocycles. The minimum Gasteiger partial charge on any atom is -0.396 e. The Kier molecular flexibility index (Phi) is 30.1. The van der Waals surface area contributed by atoms with Crippen LogP contribution in [0.1, 0.15) is 90.4 Å². The van der Waals surface area contributed by atoms with Gasteiger partial charge in [0.15, 0.2) is 0 Å². The van der Waals surface area contributed by atoms with Crippen LogP contribution in [0.5, 0.6) is 0 Å².